The molecule has 2 nitrogen and oxygen atoms in total. The Morgan fingerprint density at radius 3 is 2.22 bits per heavy atom. The van der Waals surface area contributed by atoms with Crippen LogP contribution in [0.4, 0.5) is 0 Å². The molecule has 0 N–H and O–H groups in total. The van der Waals surface area contributed by atoms with Crippen LogP contribution in [0.15, 0.2) is 73.3 Å². The lowest BCUT2D eigenvalue weighted by Crippen LogP contribution is -2.19. The van der Waals surface area contributed by atoms with Gasteiger partial charge in [-0.15, -0.1) is 23.5 Å². The fourth-order valence-corrected chi connectivity index (χ4v) is 6.25. The molecule has 1 atom stereocenters. The van der Waals surface area contributed by atoms with E-state index in [2.05, 4.69) is 55.1 Å². The van der Waals surface area contributed by atoms with Crippen LogP contribution >= 0.6 is 23.5 Å². The Labute approximate surface area is 145 Å². The second-order valence-corrected chi connectivity index (χ2v) is 8.24. The van der Waals surface area contributed by atoms with Gasteiger partial charge in [-0.05, 0) is 11.1 Å². The first-order valence-corrected chi connectivity index (χ1v) is 9.33. The van der Waals surface area contributed by atoms with Crippen LogP contribution in [0, 0.1) is 0 Å². The van der Waals surface area contributed by atoms with Crippen LogP contribution in [0.1, 0.15) is 11.1 Å². The summed E-state index contributed by atoms with van der Waals surface area (Å²) in [7, 11) is 0. The maximum Gasteiger partial charge on any atom is 0.330 e. The summed E-state index contributed by atoms with van der Waals surface area (Å²) in [4.78, 5) is 11.3. The van der Waals surface area contributed by atoms with Crippen molar-refractivity contribution in [3.63, 3.8) is 0 Å². The predicted molar refractivity (Wildman–Crippen MR) is 98.7 cm³/mol. The van der Waals surface area contributed by atoms with Crippen molar-refractivity contribution in [2.75, 3.05) is 12.4 Å². The Morgan fingerprint density at radius 1 is 1.13 bits per heavy atom. The molecule has 1 aliphatic heterocycles. The number of esters is 1. The van der Waals surface area contributed by atoms with Crippen molar-refractivity contribution in [2.24, 2.45) is 0 Å². The Kier molecular flexibility index (Phi) is 5.13. The normalized spacial score (nSPS) is 19.2. The van der Waals surface area contributed by atoms with Crippen molar-refractivity contribution in [2.45, 2.75) is 9.33 Å². The number of carbonyl (C=O) groups is 1. The van der Waals surface area contributed by atoms with Crippen LogP contribution in [0.5, 0.6) is 0 Å². The van der Waals surface area contributed by atoms with E-state index in [9.17, 15) is 4.79 Å². The highest BCUT2D eigenvalue weighted by Gasteiger charge is 2.44. The highest BCUT2D eigenvalue weighted by Crippen LogP contribution is 2.58. The van der Waals surface area contributed by atoms with Gasteiger partial charge in [-0.1, -0.05) is 67.2 Å². The number of thioether (sulfide) groups is 2. The molecule has 1 saturated heterocycles. The lowest BCUT2D eigenvalue weighted by Gasteiger charge is -2.29. The molecule has 0 amide bonds. The van der Waals surface area contributed by atoms with E-state index >= 15 is 0 Å². The van der Waals surface area contributed by atoms with Crippen LogP contribution in [0.2, 0.25) is 0 Å². The summed E-state index contributed by atoms with van der Waals surface area (Å²) in [6.45, 7) is 3.86. The standard InChI is InChI=1S/C19H18O2S2/c1-2-18(20)21-13-17-14-22-19(23-17,15-9-5-3-6-10-15)16-11-7-4-8-12-16/h2-12,17H,1,13-14H2. The Balaban J connectivity index is 1.87. The number of hydrogen-bond donors (Lipinski definition) is 0. The molecule has 1 unspecified atom stereocenters. The second-order valence-electron chi connectivity index (χ2n) is 5.23. The molecule has 2 aromatic rings. The molecule has 1 heterocycles. The zero-order valence-corrected chi connectivity index (χ0v) is 14.3. The van der Waals surface area contributed by atoms with E-state index in [4.69, 9.17) is 4.74 Å². The minimum Gasteiger partial charge on any atom is -0.461 e. The Hall–Kier alpha value is -1.65. The summed E-state index contributed by atoms with van der Waals surface area (Å²) < 4.78 is 5.10. The topological polar surface area (TPSA) is 26.3 Å². The van der Waals surface area contributed by atoms with Gasteiger partial charge < -0.3 is 4.74 Å². The molecule has 118 valence electrons. The van der Waals surface area contributed by atoms with Crippen molar-refractivity contribution >= 4 is 29.5 Å². The minimum absolute atomic E-state index is 0.145. The largest absolute Gasteiger partial charge is 0.461 e. The van der Waals surface area contributed by atoms with Crippen LogP contribution in [0.3, 0.4) is 0 Å². The third-order valence-corrected chi connectivity index (χ3v) is 7.43. The molecule has 4 heteroatoms. The van der Waals surface area contributed by atoms with Gasteiger partial charge in [0, 0.05) is 11.8 Å². The predicted octanol–water partition coefficient (Wildman–Crippen LogP) is 4.47. The average molecular weight is 342 g/mol. The summed E-state index contributed by atoms with van der Waals surface area (Å²) in [5.41, 5.74) is 2.55. The zero-order valence-electron chi connectivity index (χ0n) is 12.7. The van der Waals surface area contributed by atoms with Gasteiger partial charge in [-0.2, -0.15) is 0 Å². The van der Waals surface area contributed by atoms with Crippen molar-refractivity contribution in [1.29, 1.82) is 0 Å². The van der Waals surface area contributed by atoms with Gasteiger partial charge in [-0.25, -0.2) is 4.79 Å². The maximum absolute atomic E-state index is 11.3. The Bertz CT molecular complexity index is 631. The van der Waals surface area contributed by atoms with Crippen LogP contribution in [-0.2, 0) is 13.6 Å². The van der Waals surface area contributed by atoms with Gasteiger partial charge in [0.05, 0.1) is 5.25 Å². The third-order valence-electron chi connectivity index (χ3n) is 3.69. The van der Waals surface area contributed by atoms with E-state index in [1.165, 1.54) is 17.2 Å². The summed E-state index contributed by atoms with van der Waals surface area (Å²) in [5, 5.41) is 0.268. The fraction of sp³-hybridized carbons (Fsp3) is 0.211. The van der Waals surface area contributed by atoms with Gasteiger partial charge in [0.1, 0.15) is 10.7 Å². The molecule has 0 bridgehead atoms. The molecular weight excluding hydrogens is 324 g/mol. The van der Waals surface area contributed by atoms with Gasteiger partial charge in [0.25, 0.3) is 0 Å². The fourth-order valence-electron chi connectivity index (χ4n) is 2.61. The van der Waals surface area contributed by atoms with Gasteiger partial charge in [0.15, 0.2) is 0 Å². The third kappa shape index (κ3) is 3.48. The number of hydrogen-bond acceptors (Lipinski definition) is 4. The molecule has 23 heavy (non-hydrogen) atoms. The van der Waals surface area contributed by atoms with Crippen molar-refractivity contribution in [1.82, 2.24) is 0 Å². The number of benzene rings is 2. The smallest absolute Gasteiger partial charge is 0.330 e. The van der Waals surface area contributed by atoms with E-state index in [1.807, 2.05) is 35.7 Å². The van der Waals surface area contributed by atoms with Crippen molar-refractivity contribution in [3.05, 3.63) is 84.4 Å². The lowest BCUT2D eigenvalue weighted by molar-refractivity contribution is -0.137. The van der Waals surface area contributed by atoms with Crippen molar-refractivity contribution < 1.29 is 9.53 Å². The molecule has 0 aliphatic carbocycles. The molecule has 0 spiro atoms. The minimum atomic E-state index is -0.354. The average Bonchev–Trinajstić information content (AvgIpc) is 3.07. The molecule has 0 radical (unpaired) electrons. The first kappa shape index (κ1) is 16.2. The summed E-state index contributed by atoms with van der Waals surface area (Å²) >= 11 is 3.78. The van der Waals surface area contributed by atoms with E-state index in [0.29, 0.717) is 6.61 Å². The van der Waals surface area contributed by atoms with E-state index in [0.717, 1.165) is 5.75 Å². The lowest BCUT2D eigenvalue weighted by atomic mass is 10.0. The van der Waals surface area contributed by atoms with Crippen LogP contribution in [-0.4, -0.2) is 23.6 Å². The first-order chi connectivity index (χ1) is 11.2. The number of rotatable bonds is 5. The van der Waals surface area contributed by atoms with Crippen LogP contribution < -0.4 is 0 Å². The molecule has 3 rings (SSSR count). The zero-order chi connectivity index (χ0) is 16.1. The van der Waals surface area contributed by atoms with Crippen LogP contribution in [0.25, 0.3) is 0 Å². The molecule has 2 aromatic carbocycles. The molecule has 0 saturated carbocycles. The van der Waals surface area contributed by atoms with E-state index < -0.39 is 0 Å². The van der Waals surface area contributed by atoms with Gasteiger partial charge in [-0.3, -0.25) is 0 Å². The first-order valence-electron chi connectivity index (χ1n) is 7.46. The maximum atomic E-state index is 11.3. The SMILES string of the molecule is C=CC(=O)OCC1CSC(c2ccccc2)(c2ccccc2)S1. The summed E-state index contributed by atoms with van der Waals surface area (Å²) in [5.74, 6) is 0.589. The summed E-state index contributed by atoms with van der Waals surface area (Å²) in [6, 6.07) is 21.1. The van der Waals surface area contributed by atoms with Gasteiger partial charge >= 0.3 is 5.97 Å². The molecular formula is C19H18O2S2. The molecule has 0 aromatic heterocycles. The van der Waals surface area contributed by atoms with Crippen molar-refractivity contribution in [3.8, 4) is 0 Å². The highest BCUT2D eigenvalue weighted by molar-refractivity contribution is 8.21. The molecule has 1 fully saturated rings. The second kappa shape index (κ2) is 7.28. The van der Waals surface area contributed by atoms with E-state index in [-0.39, 0.29) is 15.3 Å². The molecule has 1 aliphatic rings. The number of ether oxygens (including phenoxy) is 1. The number of carbonyl (C=O) groups excluding carboxylic acids is 1. The quantitative estimate of drug-likeness (QED) is 0.592. The Morgan fingerprint density at radius 2 is 1.70 bits per heavy atom. The van der Waals surface area contributed by atoms with E-state index in [1.54, 1.807) is 0 Å². The highest BCUT2D eigenvalue weighted by atomic mass is 32.2. The monoisotopic (exact) mass is 342 g/mol. The summed E-state index contributed by atoms with van der Waals surface area (Å²) in [6.07, 6.45) is 1.22. The van der Waals surface area contributed by atoms with Gasteiger partial charge in [0.2, 0.25) is 0 Å².